The molecule has 0 heterocycles. The molecule has 0 radical (unpaired) electrons. The molecule has 1 saturated carbocycles. The zero-order valence-electron chi connectivity index (χ0n) is 8.91. The molecule has 0 unspecified atom stereocenters. The molecule has 1 nitrogen and oxygen atoms in total. The summed E-state index contributed by atoms with van der Waals surface area (Å²) in [5.41, 5.74) is 2.76. The van der Waals surface area contributed by atoms with Crippen molar-refractivity contribution in [3.63, 3.8) is 0 Å². The van der Waals surface area contributed by atoms with Gasteiger partial charge in [-0.15, -0.1) is 0 Å². The lowest BCUT2D eigenvalue weighted by Crippen LogP contribution is -1.89. The third kappa shape index (κ3) is 1.23. The number of aryl methyl sites for hydroxylation is 1. The van der Waals surface area contributed by atoms with Gasteiger partial charge in [-0.2, -0.15) is 5.26 Å². The third-order valence-electron chi connectivity index (χ3n) is 3.40. The predicted octanol–water partition coefficient (Wildman–Crippen LogP) is 3.26. The summed E-state index contributed by atoms with van der Waals surface area (Å²) >= 11 is 0. The average molecular weight is 185 g/mol. The Labute approximate surface area is 85.4 Å². The summed E-state index contributed by atoms with van der Waals surface area (Å²) in [6.45, 7) is 6.43. The van der Waals surface area contributed by atoms with E-state index in [1.807, 2.05) is 0 Å². The largest absolute Gasteiger partial charge is 0.198 e. The van der Waals surface area contributed by atoms with E-state index < -0.39 is 0 Å². The molecule has 1 aliphatic carbocycles. The van der Waals surface area contributed by atoms with Crippen molar-refractivity contribution in [1.29, 1.82) is 5.26 Å². The predicted molar refractivity (Wildman–Crippen MR) is 56.8 cm³/mol. The molecule has 1 heteroatoms. The zero-order valence-corrected chi connectivity index (χ0v) is 8.91. The Bertz CT molecular complexity index is 381. The van der Waals surface area contributed by atoms with Gasteiger partial charge in [-0.05, 0) is 17.9 Å². The van der Waals surface area contributed by atoms with E-state index in [9.17, 15) is 0 Å². The highest BCUT2D eigenvalue weighted by Gasteiger charge is 2.58. The molecule has 2 rings (SSSR count). The Hall–Kier alpha value is -1.29. The van der Waals surface area contributed by atoms with Crippen LogP contribution in [-0.2, 0) is 0 Å². The maximum atomic E-state index is 8.98. The molecule has 72 valence electrons. The SMILES string of the molecule is Cc1ccc([C@H]2[C@H](C#N)C2(C)C)cc1. The van der Waals surface area contributed by atoms with Gasteiger partial charge in [0.2, 0.25) is 0 Å². The highest BCUT2D eigenvalue weighted by molar-refractivity contribution is 5.36. The van der Waals surface area contributed by atoms with Crippen LogP contribution < -0.4 is 0 Å². The Morgan fingerprint density at radius 1 is 1.21 bits per heavy atom. The van der Waals surface area contributed by atoms with Crippen LogP contribution in [-0.4, -0.2) is 0 Å². The van der Waals surface area contributed by atoms with E-state index in [-0.39, 0.29) is 11.3 Å². The molecule has 1 aromatic rings. The van der Waals surface area contributed by atoms with E-state index in [2.05, 4.69) is 51.1 Å². The molecule has 0 saturated heterocycles. The highest BCUT2D eigenvalue weighted by Crippen LogP contribution is 2.63. The van der Waals surface area contributed by atoms with E-state index in [4.69, 9.17) is 5.26 Å². The summed E-state index contributed by atoms with van der Waals surface area (Å²) in [7, 11) is 0. The van der Waals surface area contributed by atoms with Gasteiger partial charge in [0.25, 0.3) is 0 Å². The van der Waals surface area contributed by atoms with E-state index >= 15 is 0 Å². The van der Waals surface area contributed by atoms with Crippen LogP contribution in [0.5, 0.6) is 0 Å². The van der Waals surface area contributed by atoms with Crippen molar-refractivity contribution in [2.24, 2.45) is 11.3 Å². The van der Waals surface area contributed by atoms with E-state index in [0.717, 1.165) is 0 Å². The van der Waals surface area contributed by atoms with Crippen molar-refractivity contribution in [2.45, 2.75) is 26.7 Å². The second-order valence-corrected chi connectivity index (χ2v) is 4.82. The summed E-state index contributed by atoms with van der Waals surface area (Å²) in [6, 6.07) is 10.9. The van der Waals surface area contributed by atoms with Crippen LogP contribution in [0, 0.1) is 29.6 Å². The molecule has 2 atom stereocenters. The minimum Gasteiger partial charge on any atom is -0.198 e. The fourth-order valence-electron chi connectivity index (χ4n) is 2.27. The van der Waals surface area contributed by atoms with Crippen molar-refractivity contribution in [1.82, 2.24) is 0 Å². The third-order valence-corrected chi connectivity index (χ3v) is 3.40. The van der Waals surface area contributed by atoms with Crippen LogP contribution in [0.15, 0.2) is 24.3 Å². The van der Waals surface area contributed by atoms with Gasteiger partial charge in [0.05, 0.1) is 12.0 Å². The molecule has 0 N–H and O–H groups in total. The Balaban J connectivity index is 2.28. The van der Waals surface area contributed by atoms with Crippen molar-refractivity contribution in [2.75, 3.05) is 0 Å². The van der Waals surface area contributed by atoms with Gasteiger partial charge < -0.3 is 0 Å². The summed E-state index contributed by atoms with van der Waals surface area (Å²) < 4.78 is 0. The fourth-order valence-corrected chi connectivity index (χ4v) is 2.27. The Morgan fingerprint density at radius 3 is 2.21 bits per heavy atom. The second-order valence-electron chi connectivity index (χ2n) is 4.82. The average Bonchev–Trinajstić information content (AvgIpc) is 2.69. The Morgan fingerprint density at radius 2 is 1.79 bits per heavy atom. The summed E-state index contributed by atoms with van der Waals surface area (Å²) in [6.07, 6.45) is 0. The van der Waals surface area contributed by atoms with Crippen LogP contribution in [0.3, 0.4) is 0 Å². The highest BCUT2D eigenvalue weighted by atomic mass is 14.6. The van der Waals surface area contributed by atoms with Crippen molar-refractivity contribution in [3.8, 4) is 6.07 Å². The summed E-state index contributed by atoms with van der Waals surface area (Å²) in [5, 5.41) is 8.98. The van der Waals surface area contributed by atoms with Crippen LogP contribution in [0.2, 0.25) is 0 Å². The number of hydrogen-bond acceptors (Lipinski definition) is 1. The fraction of sp³-hybridized carbons (Fsp3) is 0.462. The first-order valence-electron chi connectivity index (χ1n) is 5.03. The quantitative estimate of drug-likeness (QED) is 0.658. The van der Waals surface area contributed by atoms with Gasteiger partial charge in [-0.3, -0.25) is 0 Å². The molecule has 1 aromatic carbocycles. The van der Waals surface area contributed by atoms with E-state index in [0.29, 0.717) is 5.92 Å². The number of nitriles is 1. The van der Waals surface area contributed by atoms with Crippen LogP contribution in [0.25, 0.3) is 0 Å². The summed E-state index contributed by atoms with van der Waals surface area (Å²) in [5.74, 6) is 0.637. The van der Waals surface area contributed by atoms with E-state index in [1.165, 1.54) is 11.1 Å². The molecule has 1 aliphatic rings. The van der Waals surface area contributed by atoms with Gasteiger partial charge in [-0.25, -0.2) is 0 Å². The van der Waals surface area contributed by atoms with Gasteiger partial charge in [0.15, 0.2) is 0 Å². The number of rotatable bonds is 1. The molecule has 0 aliphatic heterocycles. The molecule has 0 spiro atoms. The monoisotopic (exact) mass is 185 g/mol. The summed E-state index contributed by atoms with van der Waals surface area (Å²) in [4.78, 5) is 0. The van der Waals surface area contributed by atoms with Crippen LogP contribution in [0.4, 0.5) is 0 Å². The number of benzene rings is 1. The lowest BCUT2D eigenvalue weighted by molar-refractivity contribution is 0.596. The van der Waals surface area contributed by atoms with Crippen LogP contribution in [0.1, 0.15) is 30.9 Å². The smallest absolute Gasteiger partial charge is 0.0668 e. The van der Waals surface area contributed by atoms with Gasteiger partial charge in [0, 0.05) is 5.92 Å². The maximum absolute atomic E-state index is 8.98. The molecular formula is C13H15N. The topological polar surface area (TPSA) is 23.8 Å². The van der Waals surface area contributed by atoms with Crippen LogP contribution >= 0.6 is 0 Å². The first kappa shape index (κ1) is 9.27. The minimum atomic E-state index is 0.171. The van der Waals surface area contributed by atoms with Gasteiger partial charge >= 0.3 is 0 Å². The minimum absolute atomic E-state index is 0.171. The number of nitrogens with zero attached hydrogens (tertiary/aromatic N) is 1. The van der Waals surface area contributed by atoms with Crippen molar-refractivity contribution < 1.29 is 0 Å². The molecule has 0 amide bonds. The number of hydrogen-bond donors (Lipinski definition) is 0. The normalized spacial score (nSPS) is 28.1. The van der Waals surface area contributed by atoms with Crippen molar-refractivity contribution >= 4 is 0 Å². The molecule has 0 bridgehead atoms. The van der Waals surface area contributed by atoms with Crippen molar-refractivity contribution in [3.05, 3.63) is 35.4 Å². The lowest BCUT2D eigenvalue weighted by atomic mass is 10.0. The first-order valence-corrected chi connectivity index (χ1v) is 5.03. The first-order chi connectivity index (χ1) is 6.57. The standard InChI is InChI=1S/C13H15N/c1-9-4-6-10(7-5-9)12-11(8-14)13(12,2)3/h4-7,11-12H,1-3H3/t11-,12-/m0/s1. The second kappa shape index (κ2) is 2.85. The maximum Gasteiger partial charge on any atom is 0.0668 e. The lowest BCUT2D eigenvalue weighted by Gasteiger charge is -2.02. The van der Waals surface area contributed by atoms with Gasteiger partial charge in [0.1, 0.15) is 0 Å². The molecular weight excluding hydrogens is 170 g/mol. The van der Waals surface area contributed by atoms with E-state index in [1.54, 1.807) is 0 Å². The zero-order chi connectivity index (χ0) is 10.3. The molecule has 0 aromatic heterocycles. The molecule has 14 heavy (non-hydrogen) atoms. The van der Waals surface area contributed by atoms with Gasteiger partial charge in [-0.1, -0.05) is 43.7 Å². The Kier molecular flexibility index (Phi) is 1.89. The molecule has 1 fully saturated rings.